The molecule has 0 aliphatic heterocycles. The van der Waals surface area contributed by atoms with Crippen molar-refractivity contribution in [3.05, 3.63) is 23.7 Å². The monoisotopic (exact) mass is 212 g/mol. The van der Waals surface area contributed by atoms with Gasteiger partial charge in [0, 0.05) is 6.61 Å². The predicted octanol–water partition coefficient (Wildman–Crippen LogP) is 2.17. The van der Waals surface area contributed by atoms with Crippen LogP contribution in [0.2, 0.25) is 0 Å². The SMILES string of the molecule is CCOCC(C)OC(=O)c1ccc(C)o1. The summed E-state index contributed by atoms with van der Waals surface area (Å²) in [6.45, 7) is 6.47. The fourth-order valence-corrected chi connectivity index (χ4v) is 1.10. The van der Waals surface area contributed by atoms with E-state index in [4.69, 9.17) is 13.9 Å². The number of aryl methyl sites for hydroxylation is 1. The summed E-state index contributed by atoms with van der Waals surface area (Å²) in [6.07, 6.45) is -0.261. The van der Waals surface area contributed by atoms with E-state index in [1.165, 1.54) is 0 Å². The number of esters is 1. The van der Waals surface area contributed by atoms with Crippen molar-refractivity contribution in [1.29, 1.82) is 0 Å². The van der Waals surface area contributed by atoms with E-state index in [1.54, 1.807) is 26.0 Å². The number of carbonyl (C=O) groups excluding carboxylic acids is 1. The highest BCUT2D eigenvalue weighted by Crippen LogP contribution is 2.09. The average molecular weight is 212 g/mol. The Kier molecular flexibility index (Phi) is 4.37. The third-order valence-corrected chi connectivity index (χ3v) is 1.81. The van der Waals surface area contributed by atoms with Gasteiger partial charge in [-0.1, -0.05) is 0 Å². The predicted molar refractivity (Wildman–Crippen MR) is 54.8 cm³/mol. The number of ether oxygens (including phenoxy) is 2. The van der Waals surface area contributed by atoms with E-state index in [0.717, 1.165) is 0 Å². The maximum atomic E-state index is 11.5. The second-order valence-electron chi connectivity index (χ2n) is 3.29. The van der Waals surface area contributed by atoms with Crippen LogP contribution in [0.5, 0.6) is 0 Å². The van der Waals surface area contributed by atoms with Crippen molar-refractivity contribution in [3.8, 4) is 0 Å². The Balaban J connectivity index is 2.42. The molecule has 0 aromatic carbocycles. The molecule has 0 aliphatic carbocycles. The van der Waals surface area contributed by atoms with Crippen molar-refractivity contribution in [2.24, 2.45) is 0 Å². The van der Waals surface area contributed by atoms with Crippen molar-refractivity contribution in [2.45, 2.75) is 26.9 Å². The summed E-state index contributed by atoms with van der Waals surface area (Å²) in [5.74, 6) is 0.477. The van der Waals surface area contributed by atoms with Crippen LogP contribution in [0.15, 0.2) is 16.5 Å². The van der Waals surface area contributed by atoms with Crippen molar-refractivity contribution < 1.29 is 18.7 Å². The van der Waals surface area contributed by atoms with Gasteiger partial charge < -0.3 is 13.9 Å². The lowest BCUT2D eigenvalue weighted by Crippen LogP contribution is -2.20. The maximum Gasteiger partial charge on any atom is 0.374 e. The molecule has 15 heavy (non-hydrogen) atoms. The summed E-state index contributed by atoms with van der Waals surface area (Å²) in [5, 5.41) is 0. The zero-order valence-electron chi connectivity index (χ0n) is 9.28. The van der Waals surface area contributed by atoms with E-state index in [0.29, 0.717) is 19.0 Å². The van der Waals surface area contributed by atoms with Crippen LogP contribution in [-0.4, -0.2) is 25.3 Å². The molecule has 0 radical (unpaired) electrons. The molecule has 1 heterocycles. The second-order valence-corrected chi connectivity index (χ2v) is 3.29. The van der Waals surface area contributed by atoms with E-state index < -0.39 is 5.97 Å². The molecule has 0 bridgehead atoms. The van der Waals surface area contributed by atoms with Crippen LogP contribution in [0, 0.1) is 6.92 Å². The lowest BCUT2D eigenvalue weighted by atomic mass is 10.4. The van der Waals surface area contributed by atoms with Crippen LogP contribution in [0.25, 0.3) is 0 Å². The van der Waals surface area contributed by atoms with E-state index in [1.807, 2.05) is 6.92 Å². The Morgan fingerprint density at radius 3 is 2.80 bits per heavy atom. The third kappa shape index (κ3) is 3.75. The van der Waals surface area contributed by atoms with Gasteiger partial charge in [-0.15, -0.1) is 0 Å². The molecule has 84 valence electrons. The Bertz CT molecular complexity index is 316. The van der Waals surface area contributed by atoms with Gasteiger partial charge in [-0.05, 0) is 32.9 Å². The molecule has 0 saturated heterocycles. The molecule has 0 spiro atoms. The summed E-state index contributed by atoms with van der Waals surface area (Å²) < 4.78 is 15.4. The largest absolute Gasteiger partial charge is 0.454 e. The van der Waals surface area contributed by atoms with Gasteiger partial charge in [0.15, 0.2) is 0 Å². The van der Waals surface area contributed by atoms with Gasteiger partial charge in [0.25, 0.3) is 0 Å². The molecule has 4 nitrogen and oxygen atoms in total. The zero-order valence-corrected chi connectivity index (χ0v) is 9.28. The molecule has 0 aliphatic rings. The summed E-state index contributed by atoms with van der Waals surface area (Å²) in [5.41, 5.74) is 0. The Hall–Kier alpha value is -1.29. The van der Waals surface area contributed by atoms with Gasteiger partial charge in [0.1, 0.15) is 11.9 Å². The van der Waals surface area contributed by atoms with Crippen LogP contribution < -0.4 is 0 Å². The first kappa shape index (κ1) is 11.8. The number of carbonyl (C=O) groups is 1. The molecule has 4 heteroatoms. The fraction of sp³-hybridized carbons (Fsp3) is 0.545. The van der Waals surface area contributed by atoms with E-state index in [2.05, 4.69) is 0 Å². The highest BCUT2D eigenvalue weighted by Gasteiger charge is 2.14. The molecule has 0 N–H and O–H groups in total. The van der Waals surface area contributed by atoms with Gasteiger partial charge >= 0.3 is 5.97 Å². The summed E-state index contributed by atoms with van der Waals surface area (Å²) in [7, 11) is 0. The van der Waals surface area contributed by atoms with Crippen molar-refractivity contribution in [2.75, 3.05) is 13.2 Å². The maximum absolute atomic E-state index is 11.5. The van der Waals surface area contributed by atoms with E-state index in [-0.39, 0.29) is 11.9 Å². The molecule has 0 fully saturated rings. The first-order chi connectivity index (χ1) is 7.13. The minimum atomic E-state index is -0.449. The van der Waals surface area contributed by atoms with Crippen molar-refractivity contribution in [3.63, 3.8) is 0 Å². The number of hydrogen-bond donors (Lipinski definition) is 0. The van der Waals surface area contributed by atoms with Crippen LogP contribution >= 0.6 is 0 Å². The first-order valence-corrected chi connectivity index (χ1v) is 4.98. The normalized spacial score (nSPS) is 12.5. The Morgan fingerprint density at radius 1 is 1.53 bits per heavy atom. The summed E-state index contributed by atoms with van der Waals surface area (Å²) >= 11 is 0. The highest BCUT2D eigenvalue weighted by molar-refractivity contribution is 5.86. The smallest absolute Gasteiger partial charge is 0.374 e. The Labute approximate surface area is 89.2 Å². The zero-order chi connectivity index (χ0) is 11.3. The van der Waals surface area contributed by atoms with Crippen molar-refractivity contribution in [1.82, 2.24) is 0 Å². The third-order valence-electron chi connectivity index (χ3n) is 1.81. The van der Waals surface area contributed by atoms with Gasteiger partial charge in [-0.3, -0.25) is 0 Å². The second kappa shape index (κ2) is 5.56. The number of hydrogen-bond acceptors (Lipinski definition) is 4. The topological polar surface area (TPSA) is 48.7 Å². The van der Waals surface area contributed by atoms with Crippen molar-refractivity contribution >= 4 is 5.97 Å². The average Bonchev–Trinajstić information content (AvgIpc) is 2.61. The van der Waals surface area contributed by atoms with Gasteiger partial charge in [-0.25, -0.2) is 4.79 Å². The molecule has 1 aromatic rings. The summed E-state index contributed by atoms with van der Waals surface area (Å²) in [4.78, 5) is 11.5. The fourth-order valence-electron chi connectivity index (χ4n) is 1.10. The van der Waals surface area contributed by atoms with Gasteiger partial charge in [0.05, 0.1) is 6.61 Å². The van der Waals surface area contributed by atoms with Crippen LogP contribution in [0.4, 0.5) is 0 Å². The molecule has 0 amide bonds. The summed E-state index contributed by atoms with van der Waals surface area (Å²) in [6, 6.07) is 3.33. The molecule has 1 atom stereocenters. The molecule has 1 unspecified atom stereocenters. The minimum Gasteiger partial charge on any atom is -0.454 e. The van der Waals surface area contributed by atoms with Gasteiger partial charge in [-0.2, -0.15) is 0 Å². The lowest BCUT2D eigenvalue weighted by molar-refractivity contribution is 0.00168. The molecule has 1 aromatic heterocycles. The van der Waals surface area contributed by atoms with E-state index >= 15 is 0 Å². The van der Waals surface area contributed by atoms with Crippen LogP contribution in [0.1, 0.15) is 30.2 Å². The van der Waals surface area contributed by atoms with Gasteiger partial charge in [0.2, 0.25) is 5.76 Å². The lowest BCUT2D eigenvalue weighted by Gasteiger charge is -2.11. The Morgan fingerprint density at radius 2 is 2.27 bits per heavy atom. The molecule has 0 saturated carbocycles. The van der Waals surface area contributed by atoms with Crippen LogP contribution in [-0.2, 0) is 9.47 Å². The highest BCUT2D eigenvalue weighted by atomic mass is 16.6. The van der Waals surface area contributed by atoms with Crippen LogP contribution in [0.3, 0.4) is 0 Å². The molecule has 1 rings (SSSR count). The van der Waals surface area contributed by atoms with E-state index in [9.17, 15) is 4.79 Å². The minimum absolute atomic E-state index is 0.232. The number of furan rings is 1. The quantitative estimate of drug-likeness (QED) is 0.702. The molecular formula is C11H16O4. The standard InChI is InChI=1S/C11H16O4/c1-4-13-7-9(3)15-11(12)10-6-5-8(2)14-10/h5-6,9H,4,7H2,1-3H3. The first-order valence-electron chi connectivity index (χ1n) is 4.98. The number of rotatable bonds is 5. The molecular weight excluding hydrogens is 196 g/mol.